The van der Waals surface area contributed by atoms with E-state index in [1.165, 1.54) is 5.01 Å². The van der Waals surface area contributed by atoms with Crippen LogP contribution >= 0.6 is 12.2 Å². The van der Waals surface area contributed by atoms with Crippen molar-refractivity contribution in [3.63, 3.8) is 0 Å². The minimum Gasteiger partial charge on any atom is -0.375 e. The first-order valence-electron chi connectivity index (χ1n) is 6.76. The summed E-state index contributed by atoms with van der Waals surface area (Å²) in [7, 11) is 1.71. The molecule has 0 saturated heterocycles. The standard InChI is InChI=1S/C16H15N5S/c1-20(16(17)22)18-11-13-15(12-7-3-2-4-8-12)19-14-9-5-6-10-21(13)14/h2-11H,1H3,(H2,17,22). The van der Waals surface area contributed by atoms with E-state index >= 15 is 0 Å². The Morgan fingerprint density at radius 3 is 2.68 bits per heavy atom. The number of nitrogens with zero attached hydrogens (tertiary/aromatic N) is 4. The lowest BCUT2D eigenvalue weighted by Gasteiger charge is -2.09. The summed E-state index contributed by atoms with van der Waals surface area (Å²) < 4.78 is 1.99. The molecule has 110 valence electrons. The SMILES string of the molecule is CN(N=Cc1c(-c2ccccc2)nc2ccccn12)C(N)=S. The zero-order valence-corrected chi connectivity index (χ0v) is 12.9. The predicted molar refractivity (Wildman–Crippen MR) is 92.8 cm³/mol. The Balaban J connectivity index is 2.16. The molecule has 0 saturated carbocycles. The number of thiocarbonyl (C=S) groups is 1. The third kappa shape index (κ3) is 2.68. The third-order valence-electron chi connectivity index (χ3n) is 3.29. The van der Waals surface area contributed by atoms with Gasteiger partial charge in [0.25, 0.3) is 0 Å². The van der Waals surface area contributed by atoms with Gasteiger partial charge in [0.05, 0.1) is 17.6 Å². The number of rotatable bonds is 3. The molecule has 0 aliphatic carbocycles. The lowest BCUT2D eigenvalue weighted by atomic mass is 10.1. The summed E-state index contributed by atoms with van der Waals surface area (Å²) in [6.45, 7) is 0. The van der Waals surface area contributed by atoms with E-state index in [2.05, 4.69) is 5.10 Å². The Morgan fingerprint density at radius 1 is 1.23 bits per heavy atom. The van der Waals surface area contributed by atoms with Crippen LogP contribution in [0.25, 0.3) is 16.9 Å². The van der Waals surface area contributed by atoms with Gasteiger partial charge in [-0.25, -0.2) is 9.99 Å². The molecule has 0 amide bonds. The first kappa shape index (κ1) is 14.2. The number of hydrogen-bond acceptors (Lipinski definition) is 3. The molecule has 3 aromatic rings. The van der Waals surface area contributed by atoms with Crippen molar-refractivity contribution in [3.05, 3.63) is 60.4 Å². The lowest BCUT2D eigenvalue weighted by molar-refractivity contribution is 0.552. The molecule has 1 aromatic carbocycles. The molecule has 0 radical (unpaired) electrons. The van der Waals surface area contributed by atoms with Crippen LogP contribution in [0.2, 0.25) is 0 Å². The van der Waals surface area contributed by atoms with Crippen molar-refractivity contribution >= 4 is 29.2 Å². The molecule has 2 heterocycles. The van der Waals surface area contributed by atoms with Crippen molar-refractivity contribution in [2.45, 2.75) is 0 Å². The van der Waals surface area contributed by atoms with Crippen molar-refractivity contribution in [2.24, 2.45) is 10.8 Å². The van der Waals surface area contributed by atoms with Gasteiger partial charge in [0, 0.05) is 18.8 Å². The van der Waals surface area contributed by atoms with Crippen molar-refractivity contribution in [1.29, 1.82) is 0 Å². The summed E-state index contributed by atoms with van der Waals surface area (Å²) in [5.74, 6) is 0. The van der Waals surface area contributed by atoms with Crippen LogP contribution in [0.3, 0.4) is 0 Å². The zero-order chi connectivity index (χ0) is 15.5. The smallest absolute Gasteiger partial charge is 0.186 e. The average Bonchev–Trinajstić information content (AvgIpc) is 2.92. The topological polar surface area (TPSA) is 58.9 Å². The highest BCUT2D eigenvalue weighted by Gasteiger charge is 2.12. The quantitative estimate of drug-likeness (QED) is 0.459. The minimum absolute atomic E-state index is 0.214. The molecule has 0 bridgehead atoms. The molecule has 2 N–H and O–H groups in total. The molecule has 0 aliphatic heterocycles. The summed E-state index contributed by atoms with van der Waals surface area (Å²) in [5.41, 5.74) is 9.20. The highest BCUT2D eigenvalue weighted by molar-refractivity contribution is 7.80. The number of hydrazone groups is 1. The second-order valence-electron chi connectivity index (χ2n) is 4.75. The molecule has 6 heteroatoms. The number of benzene rings is 1. The fourth-order valence-corrected chi connectivity index (χ4v) is 2.19. The molecule has 0 spiro atoms. The number of pyridine rings is 1. The fraction of sp³-hybridized carbons (Fsp3) is 0.0625. The van der Waals surface area contributed by atoms with Crippen molar-refractivity contribution < 1.29 is 0 Å². The van der Waals surface area contributed by atoms with Gasteiger partial charge >= 0.3 is 0 Å². The summed E-state index contributed by atoms with van der Waals surface area (Å²) in [4.78, 5) is 4.69. The minimum atomic E-state index is 0.214. The van der Waals surface area contributed by atoms with Gasteiger partial charge in [0.15, 0.2) is 5.11 Å². The van der Waals surface area contributed by atoms with Gasteiger partial charge < -0.3 is 5.73 Å². The number of imidazole rings is 1. The van der Waals surface area contributed by atoms with Crippen LogP contribution in [0.4, 0.5) is 0 Å². The van der Waals surface area contributed by atoms with E-state index in [1.54, 1.807) is 13.3 Å². The summed E-state index contributed by atoms with van der Waals surface area (Å²) in [5, 5.41) is 5.95. The molecular formula is C16H15N5S. The Kier molecular flexibility index (Phi) is 3.84. The average molecular weight is 309 g/mol. The van der Waals surface area contributed by atoms with Gasteiger partial charge in [-0.1, -0.05) is 36.4 Å². The molecule has 0 fully saturated rings. The number of aromatic nitrogens is 2. The predicted octanol–water partition coefficient (Wildman–Crippen LogP) is 2.51. The van der Waals surface area contributed by atoms with E-state index in [1.807, 2.05) is 59.1 Å². The maximum Gasteiger partial charge on any atom is 0.186 e. The summed E-state index contributed by atoms with van der Waals surface area (Å²) in [6, 6.07) is 15.9. The second-order valence-corrected chi connectivity index (χ2v) is 5.17. The van der Waals surface area contributed by atoms with Gasteiger partial charge in [-0.3, -0.25) is 4.40 Å². The van der Waals surface area contributed by atoms with Crippen molar-refractivity contribution in [2.75, 3.05) is 7.05 Å². The molecule has 0 unspecified atom stereocenters. The van der Waals surface area contributed by atoms with Crippen LogP contribution < -0.4 is 5.73 Å². The highest BCUT2D eigenvalue weighted by atomic mass is 32.1. The van der Waals surface area contributed by atoms with Crippen LogP contribution in [0, 0.1) is 0 Å². The second kappa shape index (κ2) is 5.95. The molecule has 5 nitrogen and oxygen atoms in total. The highest BCUT2D eigenvalue weighted by Crippen LogP contribution is 2.23. The van der Waals surface area contributed by atoms with E-state index in [0.717, 1.165) is 22.6 Å². The van der Waals surface area contributed by atoms with E-state index in [4.69, 9.17) is 22.9 Å². The zero-order valence-electron chi connectivity index (χ0n) is 12.0. The van der Waals surface area contributed by atoms with E-state index in [0.29, 0.717) is 0 Å². The van der Waals surface area contributed by atoms with Crippen LogP contribution in [0.5, 0.6) is 0 Å². The van der Waals surface area contributed by atoms with Crippen molar-refractivity contribution in [1.82, 2.24) is 14.4 Å². The first-order chi connectivity index (χ1) is 10.7. The van der Waals surface area contributed by atoms with Gasteiger partial charge in [0.2, 0.25) is 0 Å². The van der Waals surface area contributed by atoms with Crippen LogP contribution in [0.1, 0.15) is 5.69 Å². The van der Waals surface area contributed by atoms with Gasteiger partial charge in [-0.05, 0) is 24.4 Å². The molecule has 0 atom stereocenters. The normalized spacial score (nSPS) is 11.1. The molecule has 2 aromatic heterocycles. The Morgan fingerprint density at radius 2 is 1.95 bits per heavy atom. The number of nitrogens with two attached hydrogens (primary N) is 1. The number of hydrogen-bond donors (Lipinski definition) is 1. The maximum atomic E-state index is 5.56. The van der Waals surface area contributed by atoms with Crippen LogP contribution in [-0.4, -0.2) is 32.8 Å². The Hall–Kier alpha value is -2.73. The number of fused-ring (bicyclic) bond motifs is 1. The van der Waals surface area contributed by atoms with E-state index in [9.17, 15) is 0 Å². The van der Waals surface area contributed by atoms with Crippen LogP contribution in [0.15, 0.2) is 59.8 Å². The Bertz CT molecular complexity index is 838. The van der Waals surface area contributed by atoms with Crippen LogP contribution in [-0.2, 0) is 0 Å². The monoisotopic (exact) mass is 309 g/mol. The molecule has 0 aliphatic rings. The van der Waals surface area contributed by atoms with E-state index < -0.39 is 0 Å². The summed E-state index contributed by atoms with van der Waals surface area (Å²) >= 11 is 4.90. The molecular weight excluding hydrogens is 294 g/mol. The summed E-state index contributed by atoms with van der Waals surface area (Å²) in [6.07, 6.45) is 3.68. The van der Waals surface area contributed by atoms with Gasteiger partial charge in [-0.15, -0.1) is 0 Å². The maximum absolute atomic E-state index is 5.56. The third-order valence-corrected chi connectivity index (χ3v) is 3.55. The fourth-order valence-electron chi connectivity index (χ4n) is 2.14. The van der Waals surface area contributed by atoms with E-state index in [-0.39, 0.29) is 5.11 Å². The largest absolute Gasteiger partial charge is 0.375 e. The van der Waals surface area contributed by atoms with Crippen molar-refractivity contribution in [3.8, 4) is 11.3 Å². The first-order valence-corrected chi connectivity index (χ1v) is 7.17. The lowest BCUT2D eigenvalue weighted by Crippen LogP contribution is -2.27. The molecule has 3 rings (SSSR count). The van der Waals surface area contributed by atoms with Gasteiger partial charge in [-0.2, -0.15) is 5.10 Å². The molecule has 22 heavy (non-hydrogen) atoms. The Labute approximate surface area is 133 Å². The van der Waals surface area contributed by atoms with Gasteiger partial charge in [0.1, 0.15) is 5.65 Å².